The van der Waals surface area contributed by atoms with Gasteiger partial charge in [-0.05, 0) is 56.4 Å². The van der Waals surface area contributed by atoms with Crippen LogP contribution in [0.5, 0.6) is 0 Å². The summed E-state index contributed by atoms with van der Waals surface area (Å²) in [6.07, 6.45) is 8.34. The monoisotopic (exact) mass is 266 g/mol. The Labute approximate surface area is 120 Å². The molecule has 0 spiro atoms. The van der Waals surface area contributed by atoms with E-state index in [1.165, 1.54) is 51.6 Å². The molecule has 0 aromatic rings. The van der Waals surface area contributed by atoms with Crippen molar-refractivity contribution in [1.29, 1.82) is 0 Å². The first-order valence-corrected chi connectivity index (χ1v) is 8.21. The lowest BCUT2D eigenvalue weighted by Crippen LogP contribution is -2.45. The molecule has 1 N–H and O–H groups in total. The molecule has 2 nitrogen and oxygen atoms in total. The Bertz CT molecular complexity index is 282. The molecule has 0 aromatic carbocycles. The second-order valence-corrected chi connectivity index (χ2v) is 8.63. The molecule has 0 radical (unpaired) electrons. The quantitative estimate of drug-likeness (QED) is 0.789. The van der Waals surface area contributed by atoms with Crippen molar-refractivity contribution in [3.63, 3.8) is 0 Å². The topological polar surface area (TPSA) is 15.3 Å². The lowest BCUT2D eigenvalue weighted by Gasteiger charge is -2.41. The molecule has 2 aliphatic carbocycles. The van der Waals surface area contributed by atoms with Crippen molar-refractivity contribution >= 4 is 0 Å². The molecule has 2 fully saturated rings. The zero-order chi connectivity index (χ0) is 14.1. The maximum absolute atomic E-state index is 3.69. The van der Waals surface area contributed by atoms with E-state index in [1.807, 2.05) is 0 Å². The highest BCUT2D eigenvalue weighted by atomic mass is 15.1. The Morgan fingerprint density at radius 2 is 1.68 bits per heavy atom. The highest BCUT2D eigenvalue weighted by Gasteiger charge is 2.31. The van der Waals surface area contributed by atoms with Crippen LogP contribution in [0.1, 0.15) is 66.2 Å². The summed E-state index contributed by atoms with van der Waals surface area (Å²) in [5.74, 6) is 0. The summed E-state index contributed by atoms with van der Waals surface area (Å²) >= 11 is 0. The standard InChI is InChI=1S/C17H34N2/c1-16(2)10-8-15(9-11-16)19(5)13-17(3,4)12-18-14-6-7-14/h14-15,18H,6-13H2,1-5H3. The van der Waals surface area contributed by atoms with Crippen molar-refractivity contribution in [3.8, 4) is 0 Å². The SMILES string of the molecule is CN(CC(C)(C)CNC1CC1)C1CCC(C)(C)CC1. The number of rotatable bonds is 6. The van der Waals surface area contributed by atoms with E-state index in [-0.39, 0.29) is 0 Å². The van der Waals surface area contributed by atoms with Crippen LogP contribution in [-0.4, -0.2) is 37.1 Å². The fourth-order valence-corrected chi connectivity index (χ4v) is 3.39. The fourth-order valence-electron chi connectivity index (χ4n) is 3.39. The summed E-state index contributed by atoms with van der Waals surface area (Å²) in [7, 11) is 2.34. The molecule has 0 heterocycles. The predicted octanol–water partition coefficient (Wildman–Crippen LogP) is 3.67. The molecule has 19 heavy (non-hydrogen) atoms. The third-order valence-electron chi connectivity index (χ3n) is 5.06. The van der Waals surface area contributed by atoms with Crippen molar-refractivity contribution in [3.05, 3.63) is 0 Å². The Kier molecular flexibility index (Phi) is 4.62. The minimum absolute atomic E-state index is 0.393. The zero-order valence-electron chi connectivity index (χ0n) is 13.8. The van der Waals surface area contributed by atoms with Crippen LogP contribution in [0.25, 0.3) is 0 Å². The molecule has 0 amide bonds. The van der Waals surface area contributed by atoms with E-state index < -0.39 is 0 Å². The smallest absolute Gasteiger partial charge is 0.00928 e. The molecule has 2 saturated carbocycles. The molecule has 0 atom stereocenters. The molecule has 0 aliphatic heterocycles. The predicted molar refractivity (Wildman–Crippen MR) is 83.5 cm³/mol. The molecular formula is C17H34N2. The Balaban J connectivity index is 1.74. The maximum Gasteiger partial charge on any atom is 0.00928 e. The van der Waals surface area contributed by atoms with Gasteiger partial charge in [0.1, 0.15) is 0 Å². The summed E-state index contributed by atoms with van der Waals surface area (Å²) < 4.78 is 0. The van der Waals surface area contributed by atoms with Gasteiger partial charge in [0.05, 0.1) is 0 Å². The second kappa shape index (κ2) is 5.73. The van der Waals surface area contributed by atoms with Crippen LogP contribution < -0.4 is 5.32 Å². The highest BCUT2D eigenvalue weighted by molar-refractivity contribution is 4.88. The van der Waals surface area contributed by atoms with Crippen molar-refractivity contribution in [2.45, 2.75) is 78.3 Å². The van der Waals surface area contributed by atoms with Crippen LogP contribution in [0.3, 0.4) is 0 Å². The fraction of sp³-hybridized carbons (Fsp3) is 1.00. The summed E-state index contributed by atoms with van der Waals surface area (Å²) in [6, 6.07) is 1.65. The van der Waals surface area contributed by atoms with Crippen LogP contribution in [0.4, 0.5) is 0 Å². The van der Waals surface area contributed by atoms with Crippen LogP contribution in [0.2, 0.25) is 0 Å². The molecule has 0 unspecified atom stereocenters. The van der Waals surface area contributed by atoms with Gasteiger partial charge in [-0.15, -0.1) is 0 Å². The van der Waals surface area contributed by atoms with E-state index >= 15 is 0 Å². The molecular weight excluding hydrogens is 232 g/mol. The van der Waals surface area contributed by atoms with Gasteiger partial charge in [-0.25, -0.2) is 0 Å². The van der Waals surface area contributed by atoms with Gasteiger partial charge in [0.2, 0.25) is 0 Å². The average molecular weight is 266 g/mol. The van der Waals surface area contributed by atoms with Gasteiger partial charge in [-0.2, -0.15) is 0 Å². The molecule has 112 valence electrons. The third-order valence-corrected chi connectivity index (χ3v) is 5.06. The highest BCUT2D eigenvalue weighted by Crippen LogP contribution is 2.37. The summed E-state index contributed by atoms with van der Waals surface area (Å²) in [4.78, 5) is 2.63. The molecule has 0 aromatic heterocycles. The van der Waals surface area contributed by atoms with Gasteiger partial charge in [-0.3, -0.25) is 0 Å². The van der Waals surface area contributed by atoms with Gasteiger partial charge in [0.25, 0.3) is 0 Å². The number of nitrogens with one attached hydrogen (secondary N) is 1. The Morgan fingerprint density at radius 3 is 2.21 bits per heavy atom. The van der Waals surface area contributed by atoms with E-state index in [1.54, 1.807) is 0 Å². The normalized spacial score (nSPS) is 24.9. The van der Waals surface area contributed by atoms with Crippen LogP contribution >= 0.6 is 0 Å². The van der Waals surface area contributed by atoms with Crippen molar-refractivity contribution in [2.75, 3.05) is 20.1 Å². The molecule has 2 aliphatic rings. The second-order valence-electron chi connectivity index (χ2n) is 8.63. The Morgan fingerprint density at radius 1 is 1.11 bits per heavy atom. The van der Waals surface area contributed by atoms with Crippen LogP contribution in [0.15, 0.2) is 0 Å². The average Bonchev–Trinajstić information content (AvgIpc) is 3.09. The first-order chi connectivity index (χ1) is 8.77. The number of hydrogen-bond donors (Lipinski definition) is 1. The van der Waals surface area contributed by atoms with E-state index in [4.69, 9.17) is 0 Å². The summed E-state index contributed by atoms with van der Waals surface area (Å²) in [5, 5.41) is 3.69. The van der Waals surface area contributed by atoms with Gasteiger partial charge in [0, 0.05) is 25.2 Å². The van der Waals surface area contributed by atoms with Gasteiger partial charge in [0.15, 0.2) is 0 Å². The van der Waals surface area contributed by atoms with Crippen LogP contribution in [0, 0.1) is 10.8 Å². The summed E-state index contributed by atoms with van der Waals surface area (Å²) in [6.45, 7) is 12.1. The molecule has 0 saturated heterocycles. The van der Waals surface area contributed by atoms with E-state index in [0.717, 1.165) is 12.1 Å². The van der Waals surface area contributed by atoms with Gasteiger partial charge < -0.3 is 10.2 Å². The molecule has 2 rings (SSSR count). The van der Waals surface area contributed by atoms with Crippen molar-refractivity contribution in [2.24, 2.45) is 10.8 Å². The Hall–Kier alpha value is -0.0800. The largest absolute Gasteiger partial charge is 0.313 e. The molecule has 2 heteroatoms. The molecule has 0 bridgehead atoms. The maximum atomic E-state index is 3.69. The lowest BCUT2D eigenvalue weighted by molar-refractivity contribution is 0.0948. The van der Waals surface area contributed by atoms with Crippen LogP contribution in [-0.2, 0) is 0 Å². The van der Waals surface area contributed by atoms with E-state index in [2.05, 4.69) is 45.0 Å². The van der Waals surface area contributed by atoms with E-state index in [9.17, 15) is 0 Å². The van der Waals surface area contributed by atoms with Crippen molar-refractivity contribution in [1.82, 2.24) is 10.2 Å². The number of hydrogen-bond acceptors (Lipinski definition) is 2. The van der Waals surface area contributed by atoms with Gasteiger partial charge >= 0.3 is 0 Å². The van der Waals surface area contributed by atoms with E-state index in [0.29, 0.717) is 10.8 Å². The first-order valence-electron chi connectivity index (χ1n) is 8.21. The lowest BCUT2D eigenvalue weighted by atomic mass is 9.75. The first kappa shape index (κ1) is 15.3. The van der Waals surface area contributed by atoms with Gasteiger partial charge in [-0.1, -0.05) is 27.7 Å². The summed E-state index contributed by atoms with van der Waals surface area (Å²) in [5.41, 5.74) is 0.977. The minimum Gasteiger partial charge on any atom is -0.313 e. The number of nitrogens with zero attached hydrogens (tertiary/aromatic N) is 1. The third kappa shape index (κ3) is 5.07. The minimum atomic E-state index is 0.393. The van der Waals surface area contributed by atoms with Crippen molar-refractivity contribution < 1.29 is 0 Å². The zero-order valence-corrected chi connectivity index (χ0v) is 13.8.